The Hall–Kier alpha value is -3.21. The monoisotopic (exact) mass is 496 g/mol. The topological polar surface area (TPSA) is 75.7 Å². The second kappa shape index (κ2) is 7.98. The molecule has 1 amide bonds. The Balaban J connectivity index is 1.19. The molecule has 8 nitrogen and oxygen atoms in total. The van der Waals surface area contributed by atoms with Crippen LogP contribution in [0.5, 0.6) is 0 Å². The van der Waals surface area contributed by atoms with Gasteiger partial charge in [0.25, 0.3) is 11.5 Å². The molecular weight excluding hydrogens is 480 g/mol. The van der Waals surface area contributed by atoms with Gasteiger partial charge in [0.05, 0.1) is 28.0 Å². The summed E-state index contributed by atoms with van der Waals surface area (Å²) >= 11 is 9.45. The molecule has 0 radical (unpaired) electrons. The molecule has 5 aromatic rings. The molecule has 0 spiro atoms. The summed E-state index contributed by atoms with van der Waals surface area (Å²) in [6.07, 6.45) is 3.59. The van der Waals surface area contributed by atoms with Crippen LogP contribution in [0.3, 0.4) is 0 Å². The number of thiophene rings is 1. The zero-order valence-electron chi connectivity index (χ0n) is 17.2. The minimum absolute atomic E-state index is 0.00495. The van der Waals surface area contributed by atoms with Crippen LogP contribution in [0.2, 0.25) is 5.02 Å². The number of hydrogen-bond acceptors (Lipinski definition) is 7. The molecule has 0 unspecified atom stereocenters. The van der Waals surface area contributed by atoms with Crippen LogP contribution in [0.25, 0.3) is 21.0 Å². The minimum atomic E-state index is -0.360. The molecule has 1 saturated heterocycles. The van der Waals surface area contributed by atoms with Crippen molar-refractivity contribution in [3.8, 4) is 5.69 Å². The van der Waals surface area contributed by atoms with Crippen molar-refractivity contribution in [3.05, 3.63) is 74.4 Å². The fourth-order valence-corrected chi connectivity index (χ4v) is 6.07. The van der Waals surface area contributed by atoms with Crippen molar-refractivity contribution in [1.82, 2.24) is 24.1 Å². The molecule has 0 atom stereocenters. The van der Waals surface area contributed by atoms with Crippen LogP contribution in [-0.4, -0.2) is 56.2 Å². The van der Waals surface area contributed by atoms with E-state index in [4.69, 9.17) is 11.6 Å². The van der Waals surface area contributed by atoms with Crippen molar-refractivity contribution in [3.63, 3.8) is 0 Å². The van der Waals surface area contributed by atoms with Gasteiger partial charge in [-0.15, -0.1) is 22.7 Å². The Morgan fingerprint density at radius 1 is 1.09 bits per heavy atom. The molecule has 1 aliphatic rings. The summed E-state index contributed by atoms with van der Waals surface area (Å²) in [7, 11) is 0. The summed E-state index contributed by atoms with van der Waals surface area (Å²) < 4.78 is 3.31. The van der Waals surface area contributed by atoms with E-state index < -0.39 is 0 Å². The molecule has 1 aromatic carbocycles. The molecule has 0 aliphatic carbocycles. The fourth-order valence-electron chi connectivity index (χ4n) is 4.06. The fraction of sp³-hybridized carbons (Fsp3) is 0.182. The number of para-hydroxylation sites is 1. The lowest BCUT2D eigenvalue weighted by Gasteiger charge is -2.36. The molecule has 6 rings (SSSR count). The van der Waals surface area contributed by atoms with Gasteiger partial charge in [-0.05, 0) is 18.2 Å². The molecule has 5 heterocycles. The number of halogens is 1. The second-order valence-corrected chi connectivity index (χ2v) is 9.93. The molecule has 166 valence electrons. The third-order valence-electron chi connectivity index (χ3n) is 5.76. The summed E-state index contributed by atoms with van der Waals surface area (Å²) in [6, 6.07) is 11.1. The van der Waals surface area contributed by atoms with Crippen LogP contribution < -0.4 is 10.5 Å². The first-order valence-electron chi connectivity index (χ1n) is 10.3. The molecule has 11 heteroatoms. The van der Waals surface area contributed by atoms with Crippen LogP contribution >= 0.6 is 34.3 Å². The normalized spacial score (nSPS) is 14.5. The quantitative estimate of drug-likeness (QED) is 0.380. The number of nitrogens with zero attached hydrogens (tertiary/aromatic N) is 6. The summed E-state index contributed by atoms with van der Waals surface area (Å²) in [5.74, 6) is 0.00495. The van der Waals surface area contributed by atoms with Crippen LogP contribution in [-0.2, 0) is 0 Å². The van der Waals surface area contributed by atoms with E-state index in [1.54, 1.807) is 29.7 Å². The van der Waals surface area contributed by atoms with Gasteiger partial charge >= 0.3 is 0 Å². The van der Waals surface area contributed by atoms with Gasteiger partial charge in [-0.1, -0.05) is 29.8 Å². The predicted octanol–water partition coefficient (Wildman–Crippen LogP) is 3.77. The Morgan fingerprint density at radius 3 is 2.67 bits per heavy atom. The van der Waals surface area contributed by atoms with Gasteiger partial charge in [0.15, 0.2) is 4.96 Å². The summed E-state index contributed by atoms with van der Waals surface area (Å²) in [4.78, 5) is 36.8. The van der Waals surface area contributed by atoms with E-state index in [9.17, 15) is 9.59 Å². The van der Waals surface area contributed by atoms with Crippen LogP contribution in [0, 0.1) is 0 Å². The molecular formula is C22H17ClN6O2S2. The number of fused-ring (bicyclic) bond motifs is 3. The average molecular weight is 497 g/mol. The maximum atomic E-state index is 13.1. The van der Waals surface area contributed by atoms with Gasteiger partial charge in [0, 0.05) is 37.8 Å². The third kappa shape index (κ3) is 3.41. The highest BCUT2D eigenvalue weighted by Crippen LogP contribution is 2.30. The number of benzene rings is 1. The lowest BCUT2D eigenvalue weighted by molar-refractivity contribution is 0.0751. The number of carbonyl (C=O) groups excluding carboxylic acids is 1. The molecule has 4 aromatic heterocycles. The van der Waals surface area contributed by atoms with Crippen molar-refractivity contribution < 1.29 is 4.79 Å². The SMILES string of the molecule is O=C(c1cc2c(nc3sccn32)s1)N1CCN(c2cnn(-c3ccccc3)c(=O)c2Cl)CC1. The van der Waals surface area contributed by atoms with Crippen molar-refractivity contribution in [1.29, 1.82) is 0 Å². The maximum absolute atomic E-state index is 13.1. The van der Waals surface area contributed by atoms with Crippen molar-refractivity contribution in [2.24, 2.45) is 0 Å². The third-order valence-corrected chi connectivity index (χ3v) is 7.88. The van der Waals surface area contributed by atoms with E-state index >= 15 is 0 Å². The number of aromatic nitrogens is 4. The number of anilines is 1. The second-order valence-electron chi connectivity index (χ2n) is 7.64. The Bertz CT molecular complexity index is 1550. The summed E-state index contributed by atoms with van der Waals surface area (Å²) in [5, 5.41) is 6.43. The Kier molecular flexibility index (Phi) is 4.93. The van der Waals surface area contributed by atoms with E-state index in [1.807, 2.05) is 50.0 Å². The zero-order chi connectivity index (χ0) is 22.5. The molecule has 1 aliphatic heterocycles. The molecule has 33 heavy (non-hydrogen) atoms. The minimum Gasteiger partial charge on any atom is -0.365 e. The van der Waals surface area contributed by atoms with Crippen LogP contribution in [0.4, 0.5) is 5.69 Å². The number of imidazole rings is 1. The van der Waals surface area contributed by atoms with Crippen molar-refractivity contribution in [2.45, 2.75) is 0 Å². The summed E-state index contributed by atoms with van der Waals surface area (Å²) in [6.45, 7) is 2.21. The highest BCUT2D eigenvalue weighted by molar-refractivity contribution is 7.21. The smallest absolute Gasteiger partial charge is 0.292 e. The van der Waals surface area contributed by atoms with E-state index in [1.165, 1.54) is 16.0 Å². The first-order chi connectivity index (χ1) is 16.1. The summed E-state index contributed by atoms with van der Waals surface area (Å²) in [5.41, 5.74) is 1.86. The largest absolute Gasteiger partial charge is 0.365 e. The van der Waals surface area contributed by atoms with Gasteiger partial charge in [0.1, 0.15) is 9.85 Å². The van der Waals surface area contributed by atoms with Gasteiger partial charge < -0.3 is 9.80 Å². The van der Waals surface area contributed by atoms with Crippen molar-refractivity contribution in [2.75, 3.05) is 31.1 Å². The predicted molar refractivity (Wildman–Crippen MR) is 131 cm³/mol. The molecule has 1 fully saturated rings. The first kappa shape index (κ1) is 20.4. The van der Waals surface area contributed by atoms with Crippen molar-refractivity contribution >= 4 is 61.2 Å². The van der Waals surface area contributed by atoms with E-state index in [0.29, 0.717) is 42.4 Å². The lowest BCUT2D eigenvalue weighted by atomic mass is 10.2. The number of piperazine rings is 1. The van der Waals surface area contributed by atoms with E-state index in [0.717, 1.165) is 15.3 Å². The highest BCUT2D eigenvalue weighted by Gasteiger charge is 2.26. The van der Waals surface area contributed by atoms with Gasteiger partial charge in [0.2, 0.25) is 0 Å². The van der Waals surface area contributed by atoms with E-state index in [2.05, 4.69) is 10.1 Å². The molecule has 0 N–H and O–H groups in total. The Morgan fingerprint density at radius 2 is 1.88 bits per heavy atom. The first-order valence-corrected chi connectivity index (χ1v) is 12.4. The number of rotatable bonds is 3. The number of hydrogen-bond donors (Lipinski definition) is 0. The van der Waals surface area contributed by atoms with Crippen LogP contribution in [0.15, 0.2) is 59.0 Å². The van der Waals surface area contributed by atoms with Gasteiger partial charge in [-0.3, -0.25) is 14.0 Å². The zero-order valence-corrected chi connectivity index (χ0v) is 19.6. The Labute approximate surface area is 200 Å². The standard InChI is InChI=1S/C22H17ClN6O2S2/c23-18-16(13-24-29(21(18)31)14-4-2-1-3-5-14)26-6-8-27(9-7-26)20(30)17-12-15-19(33-17)25-22-28(15)10-11-32-22/h1-5,10-13H,6-9H2. The van der Waals surface area contributed by atoms with Gasteiger partial charge in [-0.2, -0.15) is 9.78 Å². The molecule has 0 saturated carbocycles. The lowest BCUT2D eigenvalue weighted by Crippen LogP contribution is -2.49. The maximum Gasteiger partial charge on any atom is 0.292 e. The number of thiazole rings is 1. The van der Waals surface area contributed by atoms with Gasteiger partial charge in [-0.25, -0.2) is 4.98 Å². The number of amides is 1. The van der Waals surface area contributed by atoms with Crippen LogP contribution in [0.1, 0.15) is 9.67 Å². The average Bonchev–Trinajstić information content (AvgIpc) is 3.54. The van der Waals surface area contributed by atoms with E-state index in [-0.39, 0.29) is 16.5 Å². The number of carbonyl (C=O) groups is 1. The highest BCUT2D eigenvalue weighted by atomic mass is 35.5. The molecule has 0 bridgehead atoms.